The highest BCUT2D eigenvalue weighted by Crippen LogP contribution is 2.46. The lowest BCUT2D eigenvalue weighted by molar-refractivity contribution is -0.0855. The fourth-order valence-corrected chi connectivity index (χ4v) is 4.31. The Bertz CT molecular complexity index is 242. The maximum Gasteiger partial charge on any atom is 0.0678 e. The molecule has 1 N–H and O–H groups in total. The third kappa shape index (κ3) is 3.50. The highest BCUT2D eigenvalue weighted by Gasteiger charge is 2.42. The minimum Gasteiger partial charge on any atom is -0.390 e. The van der Waals surface area contributed by atoms with Gasteiger partial charge in [0.1, 0.15) is 0 Å². The predicted molar refractivity (Wildman–Crippen MR) is 77.6 cm³/mol. The zero-order valence-electron chi connectivity index (χ0n) is 12.5. The molecule has 0 spiro atoms. The summed E-state index contributed by atoms with van der Waals surface area (Å²) in [6, 6.07) is 0. The average molecular weight is 252 g/mol. The molecule has 2 aliphatic rings. The van der Waals surface area contributed by atoms with Crippen molar-refractivity contribution in [2.24, 2.45) is 17.8 Å². The molecule has 0 aromatic carbocycles. The molecule has 0 heterocycles. The Morgan fingerprint density at radius 3 is 2.33 bits per heavy atom. The van der Waals surface area contributed by atoms with E-state index in [0.717, 1.165) is 24.7 Å². The summed E-state index contributed by atoms with van der Waals surface area (Å²) in [4.78, 5) is 0. The molecule has 2 fully saturated rings. The van der Waals surface area contributed by atoms with Gasteiger partial charge in [-0.3, -0.25) is 0 Å². The van der Waals surface area contributed by atoms with Crippen LogP contribution in [0.25, 0.3) is 0 Å². The first-order valence-electron chi connectivity index (χ1n) is 8.34. The van der Waals surface area contributed by atoms with Gasteiger partial charge in [0.25, 0.3) is 0 Å². The van der Waals surface area contributed by atoms with Crippen LogP contribution in [-0.2, 0) is 0 Å². The molecule has 0 aliphatic heterocycles. The van der Waals surface area contributed by atoms with E-state index in [9.17, 15) is 5.11 Å². The van der Waals surface area contributed by atoms with Crippen LogP contribution in [0.2, 0.25) is 0 Å². The standard InChI is InChI=1S/C17H32O/c1-14(2)11-13-17(18)12-7-6-10-16(17)15-8-4-3-5-9-15/h14-16,18H,3-13H2,1-2H3. The zero-order valence-corrected chi connectivity index (χ0v) is 12.5. The van der Waals surface area contributed by atoms with Crippen molar-refractivity contribution >= 4 is 0 Å². The van der Waals surface area contributed by atoms with Crippen LogP contribution in [0, 0.1) is 17.8 Å². The van der Waals surface area contributed by atoms with E-state index in [4.69, 9.17) is 0 Å². The van der Waals surface area contributed by atoms with Crippen molar-refractivity contribution in [2.45, 2.75) is 90.1 Å². The molecule has 2 aliphatic carbocycles. The number of hydrogen-bond donors (Lipinski definition) is 1. The highest BCUT2D eigenvalue weighted by atomic mass is 16.3. The molecule has 2 unspecified atom stereocenters. The monoisotopic (exact) mass is 252 g/mol. The van der Waals surface area contributed by atoms with Crippen LogP contribution in [0.15, 0.2) is 0 Å². The molecular formula is C17H32O. The molecule has 0 aromatic heterocycles. The molecule has 106 valence electrons. The first-order valence-corrected chi connectivity index (χ1v) is 8.34. The number of aliphatic hydroxyl groups is 1. The van der Waals surface area contributed by atoms with Crippen LogP contribution in [0.3, 0.4) is 0 Å². The average Bonchev–Trinajstić information content (AvgIpc) is 2.38. The Kier molecular flexibility index (Phi) is 5.12. The fraction of sp³-hybridized carbons (Fsp3) is 1.00. The fourth-order valence-electron chi connectivity index (χ4n) is 4.31. The van der Waals surface area contributed by atoms with Crippen molar-refractivity contribution in [3.8, 4) is 0 Å². The molecule has 2 atom stereocenters. The second-order valence-electron chi connectivity index (χ2n) is 7.29. The lowest BCUT2D eigenvalue weighted by Crippen LogP contribution is -2.45. The lowest BCUT2D eigenvalue weighted by atomic mass is 9.64. The van der Waals surface area contributed by atoms with Gasteiger partial charge in [0.2, 0.25) is 0 Å². The van der Waals surface area contributed by atoms with Gasteiger partial charge in [-0.1, -0.05) is 58.8 Å². The van der Waals surface area contributed by atoms with E-state index in [2.05, 4.69) is 13.8 Å². The summed E-state index contributed by atoms with van der Waals surface area (Å²) in [6.07, 6.45) is 14.2. The van der Waals surface area contributed by atoms with Gasteiger partial charge >= 0.3 is 0 Å². The first-order chi connectivity index (χ1) is 8.62. The molecule has 2 rings (SSSR count). The Morgan fingerprint density at radius 1 is 1.00 bits per heavy atom. The van der Waals surface area contributed by atoms with Gasteiger partial charge in [-0.25, -0.2) is 0 Å². The van der Waals surface area contributed by atoms with Gasteiger partial charge in [-0.2, -0.15) is 0 Å². The molecule has 1 heteroatoms. The van der Waals surface area contributed by atoms with E-state index in [0.29, 0.717) is 5.92 Å². The number of hydrogen-bond acceptors (Lipinski definition) is 1. The van der Waals surface area contributed by atoms with Gasteiger partial charge in [0.05, 0.1) is 5.60 Å². The van der Waals surface area contributed by atoms with Crippen LogP contribution in [0.4, 0.5) is 0 Å². The van der Waals surface area contributed by atoms with Crippen LogP contribution in [0.5, 0.6) is 0 Å². The molecule has 0 aromatic rings. The third-order valence-electron chi connectivity index (χ3n) is 5.44. The summed E-state index contributed by atoms with van der Waals surface area (Å²) in [5, 5.41) is 11.1. The maximum atomic E-state index is 11.1. The van der Waals surface area contributed by atoms with E-state index in [1.54, 1.807) is 0 Å². The molecule has 0 amide bonds. The minimum absolute atomic E-state index is 0.315. The molecule has 0 bridgehead atoms. The third-order valence-corrected chi connectivity index (χ3v) is 5.44. The second kappa shape index (κ2) is 6.41. The van der Waals surface area contributed by atoms with Crippen molar-refractivity contribution in [3.63, 3.8) is 0 Å². The Labute approximate surface area is 113 Å². The summed E-state index contributed by atoms with van der Waals surface area (Å²) < 4.78 is 0. The van der Waals surface area contributed by atoms with Gasteiger partial charge in [-0.05, 0) is 43.4 Å². The Hall–Kier alpha value is -0.0400. The van der Waals surface area contributed by atoms with Crippen molar-refractivity contribution in [2.75, 3.05) is 0 Å². The molecular weight excluding hydrogens is 220 g/mol. The highest BCUT2D eigenvalue weighted by molar-refractivity contribution is 4.94. The van der Waals surface area contributed by atoms with Gasteiger partial charge in [0, 0.05) is 0 Å². The first kappa shape index (κ1) is 14.4. The smallest absolute Gasteiger partial charge is 0.0678 e. The summed E-state index contributed by atoms with van der Waals surface area (Å²) in [7, 11) is 0. The quantitative estimate of drug-likeness (QED) is 0.752. The number of rotatable bonds is 4. The minimum atomic E-state index is -0.315. The molecule has 0 radical (unpaired) electrons. The van der Waals surface area contributed by atoms with Crippen molar-refractivity contribution < 1.29 is 5.11 Å². The van der Waals surface area contributed by atoms with Crippen LogP contribution in [-0.4, -0.2) is 10.7 Å². The normalized spacial score (nSPS) is 35.0. The van der Waals surface area contributed by atoms with Gasteiger partial charge in [-0.15, -0.1) is 0 Å². The van der Waals surface area contributed by atoms with Crippen LogP contribution >= 0.6 is 0 Å². The van der Waals surface area contributed by atoms with Crippen molar-refractivity contribution in [1.29, 1.82) is 0 Å². The van der Waals surface area contributed by atoms with Crippen molar-refractivity contribution in [1.82, 2.24) is 0 Å². The summed E-state index contributed by atoms with van der Waals surface area (Å²) in [5.74, 6) is 2.17. The SMILES string of the molecule is CC(C)CCC1(O)CCCCC1C1CCCCC1. The second-order valence-corrected chi connectivity index (χ2v) is 7.29. The van der Waals surface area contributed by atoms with Crippen molar-refractivity contribution in [3.05, 3.63) is 0 Å². The lowest BCUT2D eigenvalue weighted by Gasteiger charge is -2.45. The molecule has 1 nitrogen and oxygen atoms in total. The van der Waals surface area contributed by atoms with E-state index in [1.165, 1.54) is 57.8 Å². The van der Waals surface area contributed by atoms with E-state index in [-0.39, 0.29) is 5.60 Å². The van der Waals surface area contributed by atoms with Crippen LogP contribution < -0.4 is 0 Å². The van der Waals surface area contributed by atoms with E-state index < -0.39 is 0 Å². The Morgan fingerprint density at radius 2 is 1.67 bits per heavy atom. The largest absolute Gasteiger partial charge is 0.390 e. The predicted octanol–water partition coefficient (Wildman–Crippen LogP) is 4.92. The van der Waals surface area contributed by atoms with Crippen LogP contribution in [0.1, 0.15) is 84.5 Å². The molecule has 2 saturated carbocycles. The maximum absolute atomic E-state index is 11.1. The van der Waals surface area contributed by atoms with Gasteiger partial charge < -0.3 is 5.11 Å². The zero-order chi connectivity index (χ0) is 13.0. The van der Waals surface area contributed by atoms with E-state index >= 15 is 0 Å². The molecule has 0 saturated heterocycles. The van der Waals surface area contributed by atoms with E-state index in [1.807, 2.05) is 0 Å². The topological polar surface area (TPSA) is 20.2 Å². The summed E-state index contributed by atoms with van der Waals surface area (Å²) in [5.41, 5.74) is -0.315. The Balaban J connectivity index is 1.99. The summed E-state index contributed by atoms with van der Waals surface area (Å²) in [6.45, 7) is 4.56. The van der Waals surface area contributed by atoms with Gasteiger partial charge in [0.15, 0.2) is 0 Å². The molecule has 18 heavy (non-hydrogen) atoms. The summed E-state index contributed by atoms with van der Waals surface area (Å²) >= 11 is 0.